The van der Waals surface area contributed by atoms with E-state index in [1.807, 2.05) is 18.7 Å². The molecule has 0 spiro atoms. The summed E-state index contributed by atoms with van der Waals surface area (Å²) in [7, 11) is 0. The quantitative estimate of drug-likeness (QED) is 0.796. The molecule has 5 heteroatoms. The smallest absolute Gasteiger partial charge is 0.274 e. The molecule has 2 fully saturated rings. The summed E-state index contributed by atoms with van der Waals surface area (Å²) in [4.78, 5) is 14.5. The summed E-state index contributed by atoms with van der Waals surface area (Å²) in [6, 6.07) is 0. The Bertz CT molecular complexity index is 468. The molecule has 0 radical (unpaired) electrons. The van der Waals surface area contributed by atoms with Crippen LogP contribution < -0.4 is 5.32 Å². The number of amides is 1. The Hall–Kier alpha value is -1.36. The summed E-state index contributed by atoms with van der Waals surface area (Å²) in [5, 5.41) is 10.5. The zero-order valence-electron chi connectivity index (χ0n) is 11.7. The van der Waals surface area contributed by atoms with E-state index >= 15 is 0 Å². The van der Waals surface area contributed by atoms with Crippen LogP contribution in [0, 0.1) is 25.7 Å². The number of carbonyl (C=O) groups is 1. The molecule has 2 N–H and O–H groups in total. The molecule has 1 amide bonds. The molecule has 2 aliphatic rings. The first kappa shape index (κ1) is 12.7. The molecule has 19 heavy (non-hydrogen) atoms. The highest BCUT2D eigenvalue weighted by Gasteiger charge is 2.32. The minimum atomic E-state index is 0.0924. The van der Waals surface area contributed by atoms with Crippen molar-refractivity contribution in [3.8, 4) is 0 Å². The van der Waals surface area contributed by atoms with Crippen LogP contribution in [0.1, 0.15) is 34.6 Å². The Balaban J connectivity index is 1.72. The molecular formula is C14H22N4O. The second kappa shape index (κ2) is 4.96. The predicted molar refractivity (Wildman–Crippen MR) is 73.0 cm³/mol. The predicted octanol–water partition coefficient (Wildman–Crippen LogP) is 1.10. The number of nitrogens with zero attached hydrogens (tertiary/aromatic N) is 2. The van der Waals surface area contributed by atoms with Gasteiger partial charge in [-0.1, -0.05) is 0 Å². The lowest BCUT2D eigenvalue weighted by atomic mass is 9.92. The minimum absolute atomic E-state index is 0.0924. The number of hydrogen-bond acceptors (Lipinski definition) is 3. The van der Waals surface area contributed by atoms with E-state index in [9.17, 15) is 4.79 Å². The first-order chi connectivity index (χ1) is 9.16. The van der Waals surface area contributed by atoms with E-state index in [0.29, 0.717) is 5.69 Å². The van der Waals surface area contributed by atoms with Gasteiger partial charge in [-0.05, 0) is 51.6 Å². The average molecular weight is 262 g/mol. The summed E-state index contributed by atoms with van der Waals surface area (Å²) in [5.74, 6) is 1.59. The van der Waals surface area contributed by atoms with E-state index in [1.54, 1.807) is 0 Å². The topological polar surface area (TPSA) is 61.0 Å². The number of H-pyrrole nitrogens is 1. The van der Waals surface area contributed by atoms with E-state index in [1.165, 1.54) is 0 Å². The summed E-state index contributed by atoms with van der Waals surface area (Å²) in [5.41, 5.74) is 2.57. The fourth-order valence-electron chi connectivity index (χ4n) is 3.26. The van der Waals surface area contributed by atoms with Crippen molar-refractivity contribution in [2.24, 2.45) is 11.8 Å². The molecule has 0 aliphatic carbocycles. The van der Waals surface area contributed by atoms with E-state index in [4.69, 9.17) is 0 Å². The van der Waals surface area contributed by atoms with Gasteiger partial charge in [-0.25, -0.2) is 0 Å². The molecule has 2 aliphatic heterocycles. The van der Waals surface area contributed by atoms with E-state index in [0.717, 1.165) is 62.1 Å². The van der Waals surface area contributed by atoms with E-state index in [-0.39, 0.29) is 5.91 Å². The van der Waals surface area contributed by atoms with Gasteiger partial charge < -0.3 is 10.2 Å². The van der Waals surface area contributed by atoms with Crippen LogP contribution in [-0.4, -0.2) is 47.2 Å². The van der Waals surface area contributed by atoms with Crippen LogP contribution in [-0.2, 0) is 0 Å². The summed E-state index contributed by atoms with van der Waals surface area (Å²) in [6.07, 6.45) is 2.23. The molecule has 104 valence electrons. The standard InChI is InChI=1S/C14H22N4O/c1-9-10(2)16-17-13(9)14(19)18-5-3-11-7-15-8-12(11)4-6-18/h11-12,15H,3-8H2,1-2H3,(H,16,17)/t11-,12+. The van der Waals surface area contributed by atoms with Crippen LogP contribution in [0.2, 0.25) is 0 Å². The van der Waals surface area contributed by atoms with Gasteiger partial charge in [-0.3, -0.25) is 9.89 Å². The maximum Gasteiger partial charge on any atom is 0.274 e. The number of likely N-dealkylation sites (tertiary alicyclic amines) is 1. The van der Waals surface area contributed by atoms with Gasteiger partial charge in [-0.15, -0.1) is 0 Å². The maximum atomic E-state index is 12.5. The number of aromatic amines is 1. The number of hydrogen-bond donors (Lipinski definition) is 2. The fourth-order valence-corrected chi connectivity index (χ4v) is 3.26. The number of rotatable bonds is 1. The molecule has 0 bridgehead atoms. The lowest BCUT2D eigenvalue weighted by molar-refractivity contribution is 0.0752. The average Bonchev–Trinajstić information content (AvgIpc) is 2.92. The molecule has 3 heterocycles. The summed E-state index contributed by atoms with van der Waals surface area (Å²) in [6.45, 7) is 7.89. The van der Waals surface area contributed by atoms with Crippen molar-refractivity contribution in [2.75, 3.05) is 26.2 Å². The third-order valence-electron chi connectivity index (χ3n) is 4.76. The highest BCUT2D eigenvalue weighted by atomic mass is 16.2. The summed E-state index contributed by atoms with van der Waals surface area (Å²) < 4.78 is 0. The first-order valence-corrected chi connectivity index (χ1v) is 7.18. The van der Waals surface area contributed by atoms with Gasteiger partial charge in [0.15, 0.2) is 5.69 Å². The largest absolute Gasteiger partial charge is 0.337 e. The molecule has 2 saturated heterocycles. The van der Waals surface area contributed by atoms with Gasteiger partial charge in [0.05, 0.1) is 0 Å². The molecule has 0 unspecified atom stereocenters. The van der Waals surface area contributed by atoms with Crippen molar-refractivity contribution in [3.63, 3.8) is 0 Å². The molecule has 5 nitrogen and oxygen atoms in total. The monoisotopic (exact) mass is 262 g/mol. The minimum Gasteiger partial charge on any atom is -0.337 e. The van der Waals surface area contributed by atoms with Gasteiger partial charge in [0.25, 0.3) is 5.91 Å². The Morgan fingerprint density at radius 1 is 1.21 bits per heavy atom. The molecule has 0 aromatic carbocycles. The van der Waals surface area contributed by atoms with Crippen molar-refractivity contribution < 1.29 is 4.79 Å². The van der Waals surface area contributed by atoms with Crippen LogP contribution in [0.5, 0.6) is 0 Å². The lowest BCUT2D eigenvalue weighted by Crippen LogP contribution is -2.33. The van der Waals surface area contributed by atoms with Gasteiger partial charge >= 0.3 is 0 Å². The van der Waals surface area contributed by atoms with Gasteiger partial charge in [0.1, 0.15) is 0 Å². The molecule has 1 aromatic rings. The van der Waals surface area contributed by atoms with Gasteiger partial charge in [-0.2, -0.15) is 5.10 Å². The van der Waals surface area contributed by atoms with Gasteiger partial charge in [0, 0.05) is 24.3 Å². The van der Waals surface area contributed by atoms with Crippen molar-refractivity contribution in [2.45, 2.75) is 26.7 Å². The molecule has 0 saturated carbocycles. The number of aromatic nitrogens is 2. The maximum absolute atomic E-state index is 12.5. The Labute approximate surface area is 113 Å². The number of aryl methyl sites for hydroxylation is 1. The number of carbonyl (C=O) groups excluding carboxylic acids is 1. The third kappa shape index (κ3) is 2.27. The lowest BCUT2D eigenvalue weighted by Gasteiger charge is -2.20. The second-order valence-corrected chi connectivity index (χ2v) is 5.87. The van der Waals surface area contributed by atoms with Crippen LogP contribution in [0.15, 0.2) is 0 Å². The van der Waals surface area contributed by atoms with Crippen molar-refractivity contribution in [1.29, 1.82) is 0 Å². The zero-order valence-corrected chi connectivity index (χ0v) is 11.7. The molecule has 3 rings (SSSR count). The van der Waals surface area contributed by atoms with Crippen molar-refractivity contribution >= 4 is 5.91 Å². The SMILES string of the molecule is Cc1[nH]nc(C(=O)N2CC[C@@H]3CNC[C@@H]3CC2)c1C. The Morgan fingerprint density at radius 3 is 2.37 bits per heavy atom. The third-order valence-corrected chi connectivity index (χ3v) is 4.76. The van der Waals surface area contributed by atoms with Crippen molar-refractivity contribution in [1.82, 2.24) is 20.4 Å². The molecule has 1 aromatic heterocycles. The van der Waals surface area contributed by atoms with Gasteiger partial charge in [0.2, 0.25) is 0 Å². The highest BCUT2D eigenvalue weighted by Crippen LogP contribution is 2.27. The second-order valence-electron chi connectivity index (χ2n) is 5.87. The Kier molecular flexibility index (Phi) is 3.31. The highest BCUT2D eigenvalue weighted by molar-refractivity contribution is 5.93. The van der Waals surface area contributed by atoms with Crippen molar-refractivity contribution in [3.05, 3.63) is 17.0 Å². The normalized spacial score (nSPS) is 27.2. The van der Waals surface area contributed by atoms with E-state index in [2.05, 4.69) is 15.5 Å². The Morgan fingerprint density at radius 2 is 1.84 bits per heavy atom. The molecular weight excluding hydrogens is 240 g/mol. The van der Waals surface area contributed by atoms with Crippen LogP contribution in [0.4, 0.5) is 0 Å². The van der Waals surface area contributed by atoms with Crippen LogP contribution in [0.25, 0.3) is 0 Å². The zero-order chi connectivity index (χ0) is 13.4. The van der Waals surface area contributed by atoms with Crippen LogP contribution in [0.3, 0.4) is 0 Å². The number of nitrogens with one attached hydrogen (secondary N) is 2. The first-order valence-electron chi connectivity index (χ1n) is 7.18. The summed E-state index contributed by atoms with van der Waals surface area (Å²) >= 11 is 0. The van der Waals surface area contributed by atoms with E-state index < -0.39 is 0 Å². The fraction of sp³-hybridized carbons (Fsp3) is 0.714. The van der Waals surface area contributed by atoms with Crippen LogP contribution >= 0.6 is 0 Å². The number of fused-ring (bicyclic) bond motifs is 1. The molecule has 2 atom stereocenters.